The molecule has 0 aromatic heterocycles. The Labute approximate surface area is 120 Å². The fourth-order valence-corrected chi connectivity index (χ4v) is 2.13. The number of carboxylic acids is 1. The van der Waals surface area contributed by atoms with Gasteiger partial charge in [-0.25, -0.2) is 0 Å². The highest BCUT2D eigenvalue weighted by Gasteiger charge is 2.24. The number of aliphatic carboxylic acids is 1. The highest BCUT2D eigenvalue weighted by molar-refractivity contribution is 5.96. The maximum Gasteiger partial charge on any atom is 0.305 e. The van der Waals surface area contributed by atoms with Crippen molar-refractivity contribution in [2.45, 2.75) is 39.5 Å². The molecule has 0 unspecified atom stereocenters. The fourth-order valence-electron chi connectivity index (χ4n) is 2.13. The minimum absolute atomic E-state index is 0.0305. The van der Waals surface area contributed by atoms with Gasteiger partial charge in [0.25, 0.3) is 5.91 Å². The van der Waals surface area contributed by atoms with Gasteiger partial charge in [-0.2, -0.15) is 0 Å². The summed E-state index contributed by atoms with van der Waals surface area (Å²) in [4.78, 5) is 24.8. The molecule has 1 aromatic carbocycles. The first kappa shape index (κ1) is 16.2. The second-order valence-corrected chi connectivity index (χ2v) is 5.82. The first-order valence-electron chi connectivity index (χ1n) is 6.88. The number of hydrogen-bond acceptors (Lipinski definition) is 2. The van der Waals surface area contributed by atoms with Gasteiger partial charge in [-0.1, -0.05) is 39.0 Å². The molecular weight excluding hydrogens is 254 g/mol. The molecule has 1 amide bonds. The van der Waals surface area contributed by atoms with Crippen LogP contribution in [0, 0.1) is 0 Å². The molecule has 20 heavy (non-hydrogen) atoms. The molecule has 0 heterocycles. The molecule has 1 N–H and O–H groups in total. The molecule has 0 bridgehead atoms. The van der Waals surface area contributed by atoms with Gasteiger partial charge in [0, 0.05) is 18.7 Å². The van der Waals surface area contributed by atoms with Crippen LogP contribution < -0.4 is 0 Å². The molecule has 0 saturated heterocycles. The summed E-state index contributed by atoms with van der Waals surface area (Å²) in [5, 5.41) is 8.76. The van der Waals surface area contributed by atoms with Gasteiger partial charge in [0.15, 0.2) is 0 Å². The Morgan fingerprint density at radius 2 is 1.80 bits per heavy atom. The van der Waals surface area contributed by atoms with E-state index in [1.807, 2.05) is 31.2 Å². The lowest BCUT2D eigenvalue weighted by Gasteiger charge is -2.26. The molecule has 0 aliphatic heterocycles. The van der Waals surface area contributed by atoms with E-state index in [1.54, 1.807) is 4.90 Å². The Balaban J connectivity index is 3.04. The summed E-state index contributed by atoms with van der Waals surface area (Å²) in [6.45, 7) is 8.79. The molecule has 1 rings (SSSR count). The summed E-state index contributed by atoms with van der Waals surface area (Å²) >= 11 is 0. The number of hydrogen-bond donors (Lipinski definition) is 1. The number of nitrogens with zero attached hydrogens (tertiary/aromatic N) is 1. The molecule has 0 spiro atoms. The number of carbonyl (C=O) groups is 2. The largest absolute Gasteiger partial charge is 0.481 e. The Morgan fingerprint density at radius 3 is 2.30 bits per heavy atom. The van der Waals surface area contributed by atoms with E-state index in [0.717, 1.165) is 5.56 Å². The maximum atomic E-state index is 12.6. The minimum Gasteiger partial charge on any atom is -0.481 e. The third-order valence-corrected chi connectivity index (χ3v) is 3.23. The molecule has 4 nitrogen and oxygen atoms in total. The highest BCUT2D eigenvalue weighted by atomic mass is 16.4. The van der Waals surface area contributed by atoms with Crippen molar-refractivity contribution in [1.82, 2.24) is 4.90 Å². The Morgan fingerprint density at radius 1 is 1.20 bits per heavy atom. The van der Waals surface area contributed by atoms with Crippen LogP contribution in [0.1, 0.15) is 50.0 Å². The van der Waals surface area contributed by atoms with E-state index < -0.39 is 5.97 Å². The standard InChI is InChI=1S/C16H23NO3/c1-5-17(11-10-14(18)19)15(20)12-8-6-7-9-13(12)16(2,3)4/h6-9H,5,10-11H2,1-4H3,(H,18,19). The predicted molar refractivity (Wildman–Crippen MR) is 79.0 cm³/mol. The molecule has 110 valence electrons. The van der Waals surface area contributed by atoms with Crippen molar-refractivity contribution in [2.24, 2.45) is 0 Å². The zero-order chi connectivity index (χ0) is 15.3. The van der Waals surface area contributed by atoms with Crippen LogP contribution in [0.2, 0.25) is 0 Å². The summed E-state index contributed by atoms with van der Waals surface area (Å²) in [5.41, 5.74) is 1.52. The van der Waals surface area contributed by atoms with Gasteiger partial charge in [-0.15, -0.1) is 0 Å². The molecule has 1 aromatic rings. The molecular formula is C16H23NO3. The van der Waals surface area contributed by atoms with Crippen molar-refractivity contribution < 1.29 is 14.7 Å². The van der Waals surface area contributed by atoms with Crippen LogP contribution in [0.4, 0.5) is 0 Å². The number of benzene rings is 1. The third kappa shape index (κ3) is 4.08. The van der Waals surface area contributed by atoms with Gasteiger partial charge < -0.3 is 10.0 Å². The Kier molecular flexibility index (Phi) is 5.31. The quantitative estimate of drug-likeness (QED) is 0.900. The van der Waals surface area contributed by atoms with Crippen LogP contribution in [-0.4, -0.2) is 35.0 Å². The van der Waals surface area contributed by atoms with E-state index in [4.69, 9.17) is 5.11 Å². The van der Waals surface area contributed by atoms with E-state index >= 15 is 0 Å². The van der Waals surface area contributed by atoms with Gasteiger partial charge in [0.2, 0.25) is 0 Å². The average Bonchev–Trinajstić information content (AvgIpc) is 2.38. The fraction of sp³-hybridized carbons (Fsp3) is 0.500. The van der Waals surface area contributed by atoms with Crippen LogP contribution in [0.15, 0.2) is 24.3 Å². The zero-order valence-corrected chi connectivity index (χ0v) is 12.6. The van der Waals surface area contributed by atoms with Crippen molar-refractivity contribution in [3.8, 4) is 0 Å². The third-order valence-electron chi connectivity index (χ3n) is 3.23. The van der Waals surface area contributed by atoms with Gasteiger partial charge in [-0.05, 0) is 24.0 Å². The summed E-state index contributed by atoms with van der Waals surface area (Å²) in [6.07, 6.45) is -0.0305. The van der Waals surface area contributed by atoms with Crippen molar-refractivity contribution in [3.63, 3.8) is 0 Å². The van der Waals surface area contributed by atoms with Gasteiger partial charge >= 0.3 is 5.97 Å². The average molecular weight is 277 g/mol. The van der Waals surface area contributed by atoms with E-state index in [-0.39, 0.29) is 24.3 Å². The monoisotopic (exact) mass is 277 g/mol. The van der Waals surface area contributed by atoms with Crippen molar-refractivity contribution in [1.29, 1.82) is 0 Å². The summed E-state index contributed by atoms with van der Waals surface area (Å²) in [7, 11) is 0. The van der Waals surface area contributed by atoms with Gasteiger partial charge in [0.05, 0.1) is 6.42 Å². The Hall–Kier alpha value is -1.84. The van der Waals surface area contributed by atoms with Crippen LogP contribution >= 0.6 is 0 Å². The molecule has 0 atom stereocenters. The number of carboxylic acid groups (broad SMARTS) is 1. The molecule has 0 aliphatic carbocycles. The molecule has 0 saturated carbocycles. The number of rotatable bonds is 5. The second-order valence-electron chi connectivity index (χ2n) is 5.82. The lowest BCUT2D eigenvalue weighted by atomic mass is 9.83. The highest BCUT2D eigenvalue weighted by Crippen LogP contribution is 2.26. The van der Waals surface area contributed by atoms with Crippen LogP contribution in [0.25, 0.3) is 0 Å². The van der Waals surface area contributed by atoms with E-state index in [1.165, 1.54) is 0 Å². The lowest BCUT2D eigenvalue weighted by Crippen LogP contribution is -2.34. The SMILES string of the molecule is CCN(CCC(=O)O)C(=O)c1ccccc1C(C)(C)C. The van der Waals surface area contributed by atoms with Crippen LogP contribution in [-0.2, 0) is 10.2 Å². The Bertz CT molecular complexity index is 489. The van der Waals surface area contributed by atoms with Crippen molar-refractivity contribution >= 4 is 11.9 Å². The normalized spacial score (nSPS) is 11.2. The van der Waals surface area contributed by atoms with Crippen molar-refractivity contribution in [3.05, 3.63) is 35.4 Å². The van der Waals surface area contributed by atoms with Gasteiger partial charge in [-0.3, -0.25) is 9.59 Å². The summed E-state index contributed by atoms with van der Waals surface area (Å²) in [5.74, 6) is -0.986. The van der Waals surface area contributed by atoms with E-state index in [9.17, 15) is 9.59 Å². The molecule has 0 fully saturated rings. The molecule has 0 aliphatic rings. The summed E-state index contributed by atoms with van der Waals surface area (Å²) < 4.78 is 0. The molecule has 4 heteroatoms. The second kappa shape index (κ2) is 6.55. The van der Waals surface area contributed by atoms with Crippen LogP contribution in [0.3, 0.4) is 0 Å². The van der Waals surface area contributed by atoms with E-state index in [0.29, 0.717) is 12.1 Å². The first-order valence-corrected chi connectivity index (χ1v) is 6.88. The lowest BCUT2D eigenvalue weighted by molar-refractivity contribution is -0.137. The predicted octanol–water partition coefficient (Wildman–Crippen LogP) is 2.92. The number of amides is 1. The van der Waals surface area contributed by atoms with E-state index in [2.05, 4.69) is 20.8 Å². The number of carbonyl (C=O) groups excluding carboxylic acids is 1. The molecule has 0 radical (unpaired) electrons. The zero-order valence-electron chi connectivity index (χ0n) is 12.6. The maximum absolute atomic E-state index is 12.6. The van der Waals surface area contributed by atoms with Crippen LogP contribution in [0.5, 0.6) is 0 Å². The topological polar surface area (TPSA) is 57.6 Å². The first-order chi connectivity index (χ1) is 9.27. The van der Waals surface area contributed by atoms with Crippen molar-refractivity contribution in [2.75, 3.05) is 13.1 Å². The minimum atomic E-state index is -0.889. The van der Waals surface area contributed by atoms with Gasteiger partial charge in [0.1, 0.15) is 0 Å². The smallest absolute Gasteiger partial charge is 0.305 e. The summed E-state index contributed by atoms with van der Waals surface area (Å²) in [6, 6.07) is 7.53.